The highest BCUT2D eigenvalue weighted by Crippen LogP contribution is 2.29. The summed E-state index contributed by atoms with van der Waals surface area (Å²) in [7, 11) is 5.18. The number of hydrogen-bond donors (Lipinski definition) is 0. The molecule has 0 N–H and O–H groups in total. The van der Waals surface area contributed by atoms with Crippen LogP contribution in [-0.4, -0.2) is 52.0 Å². The van der Waals surface area contributed by atoms with Gasteiger partial charge in [0.1, 0.15) is 5.75 Å². The van der Waals surface area contributed by atoms with Crippen molar-refractivity contribution in [2.24, 2.45) is 5.92 Å². The minimum atomic E-state index is -0.214. The number of carbonyl (C=O) groups excluding carboxylic acids is 1. The zero-order valence-electron chi connectivity index (χ0n) is 15.7. The minimum absolute atomic E-state index is 0.0649. The van der Waals surface area contributed by atoms with Crippen molar-refractivity contribution in [3.8, 4) is 17.1 Å². The number of methoxy groups -OCH3 is 1. The van der Waals surface area contributed by atoms with Crippen molar-refractivity contribution >= 4 is 17.7 Å². The lowest BCUT2D eigenvalue weighted by Gasteiger charge is -2.17. The van der Waals surface area contributed by atoms with E-state index in [1.54, 1.807) is 26.1 Å². The predicted octanol–water partition coefficient (Wildman–Crippen LogP) is 3.18. The van der Waals surface area contributed by atoms with E-state index in [9.17, 15) is 4.79 Å². The number of carbonyl (C=O) groups is 1. The van der Waals surface area contributed by atoms with E-state index in [0.717, 1.165) is 28.8 Å². The number of thioether (sulfide) groups is 1. The van der Waals surface area contributed by atoms with E-state index >= 15 is 0 Å². The molecule has 0 aliphatic carbocycles. The summed E-state index contributed by atoms with van der Waals surface area (Å²) in [5, 5.41) is 9.27. The molecule has 2 aromatic rings. The molecule has 0 radical (unpaired) electrons. The molecular weight excluding hydrogens is 336 g/mol. The Balaban J connectivity index is 2.34. The van der Waals surface area contributed by atoms with E-state index < -0.39 is 0 Å². The molecule has 0 saturated heterocycles. The highest BCUT2D eigenvalue weighted by atomic mass is 32.2. The highest BCUT2D eigenvalue weighted by Gasteiger charge is 2.22. The van der Waals surface area contributed by atoms with Crippen LogP contribution in [0.25, 0.3) is 11.4 Å². The zero-order valence-corrected chi connectivity index (χ0v) is 16.5. The second kappa shape index (κ2) is 8.38. The summed E-state index contributed by atoms with van der Waals surface area (Å²) in [6, 6.07) is 7.77. The molecule has 0 bridgehead atoms. The Hall–Kier alpha value is -2.02. The number of benzene rings is 1. The van der Waals surface area contributed by atoms with Gasteiger partial charge >= 0.3 is 0 Å². The lowest BCUT2D eigenvalue weighted by molar-refractivity contribution is -0.127. The molecule has 136 valence electrons. The van der Waals surface area contributed by atoms with Crippen LogP contribution in [0.5, 0.6) is 5.75 Å². The summed E-state index contributed by atoms with van der Waals surface area (Å²) in [5.74, 6) is 2.11. The van der Waals surface area contributed by atoms with Crippen LogP contribution in [0.4, 0.5) is 0 Å². The largest absolute Gasteiger partial charge is 0.497 e. The van der Waals surface area contributed by atoms with Gasteiger partial charge in [0.15, 0.2) is 11.0 Å². The smallest absolute Gasteiger partial charge is 0.235 e. The van der Waals surface area contributed by atoms with Crippen LogP contribution < -0.4 is 4.74 Å². The molecule has 0 unspecified atom stereocenters. The molecule has 6 nitrogen and oxygen atoms in total. The van der Waals surface area contributed by atoms with Crippen molar-refractivity contribution in [2.45, 2.75) is 37.7 Å². The SMILES string of the molecule is COc1ccc(-c2nnc(S[C@@H](C)C(=O)N(C)C)n2CC(C)C)cc1. The highest BCUT2D eigenvalue weighted by molar-refractivity contribution is 8.00. The number of ether oxygens (including phenoxy) is 1. The van der Waals surface area contributed by atoms with Gasteiger partial charge < -0.3 is 14.2 Å². The van der Waals surface area contributed by atoms with Crippen LogP contribution in [0.1, 0.15) is 20.8 Å². The molecule has 0 saturated carbocycles. The average molecular weight is 362 g/mol. The number of nitrogens with zero attached hydrogens (tertiary/aromatic N) is 4. The summed E-state index contributed by atoms with van der Waals surface area (Å²) in [4.78, 5) is 13.8. The van der Waals surface area contributed by atoms with Crippen LogP contribution in [0.2, 0.25) is 0 Å². The maximum Gasteiger partial charge on any atom is 0.235 e. The van der Waals surface area contributed by atoms with Gasteiger partial charge in [-0.05, 0) is 37.1 Å². The molecule has 7 heteroatoms. The van der Waals surface area contributed by atoms with Crippen molar-refractivity contribution in [3.05, 3.63) is 24.3 Å². The summed E-state index contributed by atoms with van der Waals surface area (Å²) >= 11 is 1.45. The normalized spacial score (nSPS) is 12.3. The molecule has 1 aromatic carbocycles. The molecule has 0 aliphatic heterocycles. The van der Waals surface area contributed by atoms with Crippen molar-refractivity contribution in [1.82, 2.24) is 19.7 Å². The van der Waals surface area contributed by atoms with Gasteiger partial charge in [-0.2, -0.15) is 0 Å². The molecule has 25 heavy (non-hydrogen) atoms. The Morgan fingerprint density at radius 3 is 2.36 bits per heavy atom. The van der Waals surface area contributed by atoms with Crippen molar-refractivity contribution in [2.75, 3.05) is 21.2 Å². The van der Waals surface area contributed by atoms with E-state index in [2.05, 4.69) is 28.6 Å². The molecule has 0 fully saturated rings. The van der Waals surface area contributed by atoms with Crippen molar-refractivity contribution in [3.63, 3.8) is 0 Å². The Labute approximate surface area is 153 Å². The molecular formula is C18H26N4O2S. The fraction of sp³-hybridized carbons (Fsp3) is 0.500. The van der Waals surface area contributed by atoms with Crippen molar-refractivity contribution < 1.29 is 9.53 Å². The monoisotopic (exact) mass is 362 g/mol. The van der Waals surface area contributed by atoms with E-state index in [1.165, 1.54) is 11.8 Å². The molecule has 1 heterocycles. The minimum Gasteiger partial charge on any atom is -0.497 e. The van der Waals surface area contributed by atoms with Gasteiger partial charge in [0.25, 0.3) is 0 Å². The summed E-state index contributed by atoms with van der Waals surface area (Å²) < 4.78 is 7.31. The molecule has 0 aliphatic rings. The van der Waals surface area contributed by atoms with Gasteiger partial charge in [-0.25, -0.2) is 0 Å². The van der Waals surface area contributed by atoms with E-state index in [-0.39, 0.29) is 11.2 Å². The first kappa shape index (κ1) is 19.3. The van der Waals surface area contributed by atoms with Crippen LogP contribution >= 0.6 is 11.8 Å². The number of rotatable bonds is 7. The second-order valence-corrected chi connectivity index (χ2v) is 7.84. The Kier molecular flexibility index (Phi) is 6.47. The number of amides is 1. The van der Waals surface area contributed by atoms with Gasteiger partial charge in [0, 0.05) is 26.2 Å². The standard InChI is InChI=1S/C18H26N4O2S/c1-12(2)11-22-16(14-7-9-15(24-6)10-8-14)19-20-18(22)25-13(3)17(23)21(4)5/h7-10,12-13H,11H2,1-6H3/t13-/m0/s1. The first-order chi connectivity index (χ1) is 11.8. The predicted molar refractivity (Wildman–Crippen MR) is 101 cm³/mol. The van der Waals surface area contributed by atoms with Crippen LogP contribution in [0, 0.1) is 5.92 Å². The Bertz CT molecular complexity index is 710. The molecule has 1 atom stereocenters. The van der Waals surface area contributed by atoms with Gasteiger partial charge in [-0.1, -0.05) is 25.6 Å². The van der Waals surface area contributed by atoms with E-state index in [0.29, 0.717) is 5.92 Å². The van der Waals surface area contributed by atoms with Gasteiger partial charge in [0.05, 0.1) is 12.4 Å². The third kappa shape index (κ3) is 4.75. The lowest BCUT2D eigenvalue weighted by atomic mass is 10.2. The first-order valence-corrected chi connectivity index (χ1v) is 9.17. The molecule has 1 aromatic heterocycles. The maximum absolute atomic E-state index is 12.2. The second-order valence-electron chi connectivity index (χ2n) is 6.53. The quantitative estimate of drug-likeness (QED) is 0.708. The van der Waals surface area contributed by atoms with Crippen molar-refractivity contribution in [1.29, 1.82) is 0 Å². The summed E-state index contributed by atoms with van der Waals surface area (Å²) in [6.07, 6.45) is 0. The van der Waals surface area contributed by atoms with Crippen LogP contribution in [-0.2, 0) is 11.3 Å². The fourth-order valence-electron chi connectivity index (χ4n) is 2.43. The van der Waals surface area contributed by atoms with Gasteiger partial charge in [-0.15, -0.1) is 10.2 Å². The average Bonchev–Trinajstić information content (AvgIpc) is 2.95. The molecule has 1 amide bonds. The summed E-state index contributed by atoms with van der Waals surface area (Å²) in [6.45, 7) is 7.00. The van der Waals surface area contributed by atoms with E-state index in [4.69, 9.17) is 4.74 Å². The summed E-state index contributed by atoms with van der Waals surface area (Å²) in [5.41, 5.74) is 0.979. The topological polar surface area (TPSA) is 60.3 Å². The lowest BCUT2D eigenvalue weighted by Crippen LogP contribution is -2.30. The molecule has 2 rings (SSSR count). The van der Waals surface area contributed by atoms with Gasteiger partial charge in [0.2, 0.25) is 5.91 Å². The third-order valence-electron chi connectivity index (χ3n) is 3.68. The van der Waals surface area contributed by atoms with Crippen LogP contribution in [0.15, 0.2) is 29.4 Å². The maximum atomic E-state index is 12.2. The first-order valence-electron chi connectivity index (χ1n) is 8.29. The Morgan fingerprint density at radius 1 is 1.20 bits per heavy atom. The van der Waals surface area contributed by atoms with E-state index in [1.807, 2.05) is 31.2 Å². The third-order valence-corrected chi connectivity index (χ3v) is 4.75. The fourth-order valence-corrected chi connectivity index (χ4v) is 3.44. The Morgan fingerprint density at radius 2 is 1.84 bits per heavy atom. The molecule has 0 spiro atoms. The number of aromatic nitrogens is 3. The van der Waals surface area contributed by atoms with Gasteiger partial charge in [-0.3, -0.25) is 4.79 Å². The van der Waals surface area contributed by atoms with Crippen LogP contribution in [0.3, 0.4) is 0 Å². The zero-order chi connectivity index (χ0) is 18.6. The number of hydrogen-bond acceptors (Lipinski definition) is 5.